The number of thiophene rings is 1. The maximum absolute atomic E-state index is 11.0. The summed E-state index contributed by atoms with van der Waals surface area (Å²) in [6, 6.07) is 1.47. The first-order valence-electron chi connectivity index (χ1n) is 6.00. The maximum Gasteiger partial charge on any atom is 0.304 e. The summed E-state index contributed by atoms with van der Waals surface area (Å²) in [6.45, 7) is 6.64. The zero-order valence-electron chi connectivity index (χ0n) is 11.2. The second-order valence-corrected chi connectivity index (χ2v) is 5.94. The minimum absolute atomic E-state index is 0.0853. The van der Waals surface area contributed by atoms with Crippen molar-refractivity contribution in [1.29, 1.82) is 0 Å². The Morgan fingerprint density at radius 2 is 2.11 bits per heavy atom. The lowest BCUT2D eigenvalue weighted by Crippen LogP contribution is -2.19. The minimum Gasteiger partial charge on any atom is -0.388 e. The van der Waals surface area contributed by atoms with Gasteiger partial charge in [-0.2, -0.15) is 0 Å². The minimum atomic E-state index is -0.666. The van der Waals surface area contributed by atoms with E-state index in [9.17, 15) is 15.2 Å². The van der Waals surface area contributed by atoms with Gasteiger partial charge in [0.2, 0.25) is 0 Å². The van der Waals surface area contributed by atoms with Crippen molar-refractivity contribution in [2.75, 3.05) is 18.5 Å². The summed E-state index contributed by atoms with van der Waals surface area (Å²) in [7, 11) is 1.85. The molecule has 1 aromatic heterocycles. The fraction of sp³-hybridized carbons (Fsp3) is 0.667. The molecule has 6 heteroatoms. The van der Waals surface area contributed by atoms with E-state index in [0.29, 0.717) is 15.8 Å². The lowest BCUT2D eigenvalue weighted by molar-refractivity contribution is -0.383. The Hall–Kier alpha value is -1.14. The first-order valence-corrected chi connectivity index (χ1v) is 6.82. The number of anilines is 1. The van der Waals surface area contributed by atoms with Crippen LogP contribution in [0.15, 0.2) is 6.07 Å². The molecule has 18 heavy (non-hydrogen) atoms. The molecule has 0 fully saturated rings. The van der Waals surface area contributed by atoms with E-state index in [2.05, 4.69) is 13.8 Å². The molecule has 1 heterocycles. The number of aliphatic hydroxyl groups is 1. The summed E-state index contributed by atoms with van der Waals surface area (Å²) in [5.74, 6) is 0.558. The molecule has 0 amide bonds. The second-order valence-electron chi connectivity index (χ2n) is 4.88. The van der Waals surface area contributed by atoms with E-state index in [1.165, 1.54) is 17.4 Å². The summed E-state index contributed by atoms with van der Waals surface area (Å²) in [5, 5.41) is 21.1. The number of nitro groups is 1. The fourth-order valence-corrected chi connectivity index (χ4v) is 2.60. The van der Waals surface area contributed by atoms with Gasteiger partial charge in [-0.3, -0.25) is 10.1 Å². The Labute approximate surface area is 111 Å². The molecule has 1 aromatic rings. The van der Waals surface area contributed by atoms with Gasteiger partial charge in [-0.25, -0.2) is 0 Å². The number of aliphatic hydroxyl groups excluding tert-OH is 1. The van der Waals surface area contributed by atoms with Gasteiger partial charge in [-0.05, 0) is 19.3 Å². The molecule has 5 nitrogen and oxygen atoms in total. The second kappa shape index (κ2) is 6.15. The number of hydrogen-bond donors (Lipinski definition) is 1. The summed E-state index contributed by atoms with van der Waals surface area (Å²) >= 11 is 1.29. The molecule has 0 bridgehead atoms. The van der Waals surface area contributed by atoms with E-state index in [4.69, 9.17) is 0 Å². The molecular weight excluding hydrogens is 252 g/mol. The number of hydrogen-bond acceptors (Lipinski definition) is 5. The van der Waals surface area contributed by atoms with E-state index in [0.717, 1.165) is 13.0 Å². The van der Waals surface area contributed by atoms with E-state index in [1.54, 1.807) is 6.92 Å². The molecular formula is C12H20N2O3S. The lowest BCUT2D eigenvalue weighted by atomic mass is 10.1. The monoisotopic (exact) mass is 272 g/mol. The number of rotatable bonds is 6. The van der Waals surface area contributed by atoms with Crippen LogP contribution < -0.4 is 4.90 Å². The van der Waals surface area contributed by atoms with Gasteiger partial charge in [0.25, 0.3) is 0 Å². The van der Waals surface area contributed by atoms with Gasteiger partial charge < -0.3 is 10.0 Å². The fourth-order valence-electron chi connectivity index (χ4n) is 1.55. The first-order chi connectivity index (χ1) is 8.32. The van der Waals surface area contributed by atoms with Crippen LogP contribution in [0.25, 0.3) is 0 Å². The van der Waals surface area contributed by atoms with Gasteiger partial charge in [0, 0.05) is 24.5 Å². The molecule has 1 atom stereocenters. The maximum atomic E-state index is 11.0. The molecule has 0 aliphatic carbocycles. The van der Waals surface area contributed by atoms with Crippen molar-refractivity contribution in [3.05, 3.63) is 21.1 Å². The zero-order valence-corrected chi connectivity index (χ0v) is 12.0. The largest absolute Gasteiger partial charge is 0.388 e. The zero-order chi connectivity index (χ0) is 13.9. The first kappa shape index (κ1) is 14.9. The molecule has 0 aliphatic heterocycles. The average Bonchev–Trinajstić information content (AvgIpc) is 2.70. The molecule has 0 aliphatic rings. The third kappa shape index (κ3) is 3.68. The van der Waals surface area contributed by atoms with Gasteiger partial charge >= 0.3 is 5.69 Å². The summed E-state index contributed by atoms with van der Waals surface area (Å²) in [6.07, 6.45) is 0.316. The van der Waals surface area contributed by atoms with Crippen LogP contribution in [0.1, 0.15) is 38.2 Å². The van der Waals surface area contributed by atoms with Crippen LogP contribution in [-0.2, 0) is 0 Å². The third-order valence-electron chi connectivity index (χ3n) is 2.71. The Bertz CT molecular complexity index is 415. The van der Waals surface area contributed by atoms with Crippen LogP contribution >= 0.6 is 11.3 Å². The van der Waals surface area contributed by atoms with Gasteiger partial charge in [-0.1, -0.05) is 13.8 Å². The highest BCUT2D eigenvalue weighted by atomic mass is 32.1. The summed E-state index contributed by atoms with van der Waals surface area (Å²) < 4.78 is 0. The molecule has 0 unspecified atom stereocenters. The number of nitrogens with zero attached hydrogens (tertiary/aromatic N) is 2. The topological polar surface area (TPSA) is 66.6 Å². The molecule has 102 valence electrons. The summed E-state index contributed by atoms with van der Waals surface area (Å²) in [4.78, 5) is 13.1. The van der Waals surface area contributed by atoms with Crippen molar-refractivity contribution < 1.29 is 10.0 Å². The smallest absolute Gasteiger partial charge is 0.304 e. The average molecular weight is 272 g/mol. The lowest BCUT2D eigenvalue weighted by Gasteiger charge is -2.17. The Morgan fingerprint density at radius 1 is 1.50 bits per heavy atom. The van der Waals surface area contributed by atoms with Gasteiger partial charge in [-0.15, -0.1) is 11.3 Å². The molecule has 0 aromatic carbocycles. The van der Waals surface area contributed by atoms with E-state index < -0.39 is 6.10 Å². The van der Waals surface area contributed by atoms with Crippen molar-refractivity contribution >= 4 is 22.0 Å². The van der Waals surface area contributed by atoms with Crippen LogP contribution in [0.4, 0.5) is 10.7 Å². The van der Waals surface area contributed by atoms with Crippen molar-refractivity contribution in [3.63, 3.8) is 0 Å². The predicted molar refractivity (Wildman–Crippen MR) is 74.3 cm³/mol. The van der Waals surface area contributed by atoms with E-state index in [-0.39, 0.29) is 10.6 Å². The van der Waals surface area contributed by atoms with Crippen LogP contribution in [0.2, 0.25) is 0 Å². The Morgan fingerprint density at radius 3 is 2.56 bits per heavy atom. The van der Waals surface area contributed by atoms with Crippen LogP contribution in [0.3, 0.4) is 0 Å². The SMILES string of the molecule is CC(C)CCN(C)c1sc([C@H](C)O)cc1[N+](=O)[O-]. The van der Waals surface area contributed by atoms with Crippen molar-refractivity contribution in [3.8, 4) is 0 Å². The quantitative estimate of drug-likeness (QED) is 0.638. The Balaban J connectivity index is 2.94. The Kier molecular flexibility index (Phi) is 5.10. The third-order valence-corrected chi connectivity index (χ3v) is 4.12. The van der Waals surface area contributed by atoms with Crippen LogP contribution in [-0.4, -0.2) is 23.6 Å². The van der Waals surface area contributed by atoms with Crippen molar-refractivity contribution in [1.82, 2.24) is 0 Å². The van der Waals surface area contributed by atoms with Crippen molar-refractivity contribution in [2.24, 2.45) is 5.92 Å². The highest BCUT2D eigenvalue weighted by Gasteiger charge is 2.23. The predicted octanol–water partition coefficient (Wildman–Crippen LogP) is 3.19. The van der Waals surface area contributed by atoms with Crippen LogP contribution in [0, 0.1) is 16.0 Å². The van der Waals surface area contributed by atoms with E-state index >= 15 is 0 Å². The van der Waals surface area contributed by atoms with Crippen LogP contribution in [0.5, 0.6) is 0 Å². The standard InChI is InChI=1S/C12H20N2O3S/c1-8(2)5-6-13(4)12-10(14(16)17)7-11(18-12)9(3)15/h7-9,15H,5-6H2,1-4H3/t9-/m0/s1. The van der Waals surface area contributed by atoms with Crippen molar-refractivity contribution in [2.45, 2.75) is 33.3 Å². The molecule has 0 saturated heterocycles. The molecule has 0 spiro atoms. The molecule has 1 rings (SSSR count). The molecule has 1 N–H and O–H groups in total. The molecule has 0 radical (unpaired) electrons. The van der Waals surface area contributed by atoms with Gasteiger partial charge in [0.05, 0.1) is 11.0 Å². The van der Waals surface area contributed by atoms with Gasteiger partial charge in [0.1, 0.15) is 0 Å². The molecule has 0 saturated carbocycles. The highest BCUT2D eigenvalue weighted by molar-refractivity contribution is 7.16. The summed E-state index contributed by atoms with van der Waals surface area (Å²) in [5.41, 5.74) is 0.0853. The van der Waals surface area contributed by atoms with E-state index in [1.807, 2.05) is 11.9 Å². The highest BCUT2D eigenvalue weighted by Crippen LogP contribution is 2.39. The van der Waals surface area contributed by atoms with Gasteiger partial charge in [0.15, 0.2) is 5.00 Å². The normalized spacial score (nSPS) is 12.8.